The van der Waals surface area contributed by atoms with Crippen molar-refractivity contribution in [1.29, 1.82) is 0 Å². The number of amides is 1. The number of ether oxygens (including phenoxy) is 1. The van der Waals surface area contributed by atoms with Crippen molar-refractivity contribution in [3.63, 3.8) is 0 Å². The molecule has 8 heteroatoms. The molecule has 1 heterocycles. The molecule has 1 aliphatic rings. The molecule has 0 atom stereocenters. The largest absolute Gasteiger partial charge is 0.497 e. The van der Waals surface area contributed by atoms with Gasteiger partial charge >= 0.3 is 16.0 Å². The summed E-state index contributed by atoms with van der Waals surface area (Å²) >= 11 is 0. The maximum Gasteiger partial charge on any atom is 0.318 e. The number of benzene rings is 3. The van der Waals surface area contributed by atoms with Crippen molar-refractivity contribution in [3.05, 3.63) is 102 Å². The Labute approximate surface area is 180 Å². The zero-order valence-electron chi connectivity index (χ0n) is 16.5. The van der Waals surface area contributed by atoms with Crippen molar-refractivity contribution in [2.24, 2.45) is 4.99 Å². The molecule has 0 aliphatic carbocycles. The summed E-state index contributed by atoms with van der Waals surface area (Å²) in [6.45, 7) is 0. The SMILES string of the molecule is COc1ccc(S(=O)(=O)ON2C(=O)/C(=C/c3ccccc3)N=C2c2ccccc2)cc1. The van der Waals surface area contributed by atoms with E-state index in [0.29, 0.717) is 16.4 Å². The molecule has 156 valence electrons. The summed E-state index contributed by atoms with van der Waals surface area (Å²) in [5, 5.41) is 0.712. The fourth-order valence-electron chi connectivity index (χ4n) is 2.93. The number of amidine groups is 1. The predicted octanol–water partition coefficient (Wildman–Crippen LogP) is 3.65. The Morgan fingerprint density at radius 2 is 1.48 bits per heavy atom. The number of nitrogens with zero attached hydrogens (tertiary/aromatic N) is 2. The van der Waals surface area contributed by atoms with Crippen LogP contribution in [0.25, 0.3) is 6.08 Å². The highest BCUT2D eigenvalue weighted by Gasteiger charge is 2.36. The van der Waals surface area contributed by atoms with Crippen molar-refractivity contribution in [3.8, 4) is 5.75 Å². The predicted molar refractivity (Wildman–Crippen MR) is 116 cm³/mol. The van der Waals surface area contributed by atoms with Crippen molar-refractivity contribution < 1.29 is 22.2 Å². The lowest BCUT2D eigenvalue weighted by Crippen LogP contribution is -2.35. The maximum atomic E-state index is 13.0. The number of hydroxylamine groups is 2. The highest BCUT2D eigenvalue weighted by atomic mass is 32.2. The molecule has 0 radical (unpaired) electrons. The molecule has 0 spiro atoms. The Hall–Kier alpha value is -3.75. The third-order valence-electron chi connectivity index (χ3n) is 4.48. The maximum absolute atomic E-state index is 13.0. The standard InChI is InChI=1S/C23H18N2O5S/c1-29-19-12-14-20(15-13-19)31(27,28)30-25-22(18-10-6-3-7-11-18)24-21(23(25)26)16-17-8-4-2-5-9-17/h2-16H,1H3/b21-16-. The van der Waals surface area contributed by atoms with Gasteiger partial charge in [-0.3, -0.25) is 4.79 Å². The Bertz CT molecular complexity index is 1250. The van der Waals surface area contributed by atoms with Crippen molar-refractivity contribution in [2.45, 2.75) is 4.90 Å². The number of hydrogen-bond acceptors (Lipinski definition) is 6. The van der Waals surface area contributed by atoms with Crippen LogP contribution < -0.4 is 4.74 Å². The lowest BCUT2D eigenvalue weighted by molar-refractivity contribution is -0.137. The van der Waals surface area contributed by atoms with Gasteiger partial charge in [0.1, 0.15) is 11.4 Å². The van der Waals surface area contributed by atoms with Gasteiger partial charge in [0.15, 0.2) is 5.84 Å². The van der Waals surface area contributed by atoms with Gasteiger partial charge in [-0.15, -0.1) is 9.35 Å². The second kappa shape index (κ2) is 8.55. The molecule has 0 N–H and O–H groups in total. The summed E-state index contributed by atoms with van der Waals surface area (Å²) in [7, 11) is -2.82. The van der Waals surface area contributed by atoms with Crippen LogP contribution in [0.5, 0.6) is 5.75 Å². The van der Waals surface area contributed by atoms with E-state index in [0.717, 1.165) is 5.56 Å². The van der Waals surface area contributed by atoms with Gasteiger partial charge in [0.05, 0.1) is 12.0 Å². The van der Waals surface area contributed by atoms with Crippen LogP contribution in [0.4, 0.5) is 0 Å². The first-order valence-corrected chi connectivity index (χ1v) is 10.7. The topological polar surface area (TPSA) is 85.3 Å². The third-order valence-corrected chi connectivity index (χ3v) is 5.67. The molecule has 0 bridgehead atoms. The molecule has 0 saturated heterocycles. The smallest absolute Gasteiger partial charge is 0.318 e. The van der Waals surface area contributed by atoms with E-state index in [2.05, 4.69) is 4.99 Å². The van der Waals surface area contributed by atoms with Crippen molar-refractivity contribution in [2.75, 3.05) is 7.11 Å². The van der Waals surface area contributed by atoms with Gasteiger partial charge in [0.25, 0.3) is 0 Å². The van der Waals surface area contributed by atoms with E-state index < -0.39 is 16.0 Å². The van der Waals surface area contributed by atoms with Crippen LogP contribution in [0, 0.1) is 0 Å². The van der Waals surface area contributed by atoms with Gasteiger partial charge < -0.3 is 4.74 Å². The van der Waals surface area contributed by atoms with Crippen LogP contribution in [0.2, 0.25) is 0 Å². The van der Waals surface area contributed by atoms with E-state index >= 15 is 0 Å². The minimum Gasteiger partial charge on any atom is -0.497 e. The average molecular weight is 434 g/mol. The summed E-state index contributed by atoms with van der Waals surface area (Å²) < 4.78 is 36.0. The molecule has 31 heavy (non-hydrogen) atoms. The van der Waals surface area contributed by atoms with E-state index in [1.54, 1.807) is 36.4 Å². The number of methoxy groups -OCH3 is 1. The van der Waals surface area contributed by atoms with Gasteiger partial charge in [-0.05, 0) is 35.9 Å². The van der Waals surface area contributed by atoms with E-state index in [-0.39, 0.29) is 16.4 Å². The molecule has 7 nitrogen and oxygen atoms in total. The number of carbonyl (C=O) groups excluding carboxylic acids is 1. The molecule has 0 saturated carbocycles. The van der Waals surface area contributed by atoms with Gasteiger partial charge in [-0.1, -0.05) is 60.7 Å². The summed E-state index contributed by atoms with van der Waals surface area (Å²) in [5.41, 5.74) is 1.36. The summed E-state index contributed by atoms with van der Waals surface area (Å²) in [6.07, 6.45) is 1.58. The Kier molecular flexibility index (Phi) is 5.66. The highest BCUT2D eigenvalue weighted by Crippen LogP contribution is 2.26. The molecule has 1 amide bonds. The van der Waals surface area contributed by atoms with Crippen LogP contribution >= 0.6 is 0 Å². The number of aliphatic imine (C=N–C) groups is 1. The monoisotopic (exact) mass is 434 g/mol. The second-order valence-electron chi connectivity index (χ2n) is 6.55. The Morgan fingerprint density at radius 3 is 2.10 bits per heavy atom. The van der Waals surface area contributed by atoms with Crippen LogP contribution in [0.3, 0.4) is 0 Å². The summed E-state index contributed by atoms with van der Waals surface area (Å²) in [4.78, 5) is 17.3. The van der Waals surface area contributed by atoms with Crippen LogP contribution in [0.15, 0.2) is 101 Å². The first kappa shape index (κ1) is 20.5. The molecular weight excluding hydrogens is 416 g/mol. The van der Waals surface area contributed by atoms with Gasteiger partial charge in [0.2, 0.25) is 0 Å². The van der Waals surface area contributed by atoms with Gasteiger partial charge in [-0.2, -0.15) is 8.42 Å². The number of rotatable bonds is 6. The highest BCUT2D eigenvalue weighted by molar-refractivity contribution is 7.86. The fourth-order valence-corrected chi connectivity index (χ4v) is 3.82. The quantitative estimate of drug-likeness (QED) is 0.553. The Morgan fingerprint density at radius 1 is 0.871 bits per heavy atom. The average Bonchev–Trinajstić information content (AvgIpc) is 3.10. The van der Waals surface area contributed by atoms with Crippen molar-refractivity contribution in [1.82, 2.24) is 5.06 Å². The minimum absolute atomic E-state index is 0.0648. The summed E-state index contributed by atoms with van der Waals surface area (Å²) in [6, 6.07) is 23.6. The number of hydrogen-bond donors (Lipinski definition) is 0. The van der Waals surface area contributed by atoms with Gasteiger partial charge in [0, 0.05) is 5.56 Å². The lowest BCUT2D eigenvalue weighted by atomic mass is 10.2. The Balaban J connectivity index is 1.71. The number of carbonyl (C=O) groups is 1. The molecule has 0 aromatic heterocycles. The van der Waals surface area contributed by atoms with E-state index in [1.807, 2.05) is 30.3 Å². The van der Waals surface area contributed by atoms with Crippen LogP contribution in [0.1, 0.15) is 11.1 Å². The first-order chi connectivity index (χ1) is 15.0. The van der Waals surface area contributed by atoms with E-state index in [9.17, 15) is 13.2 Å². The molecule has 0 unspecified atom stereocenters. The zero-order valence-corrected chi connectivity index (χ0v) is 17.3. The van der Waals surface area contributed by atoms with Crippen molar-refractivity contribution >= 4 is 27.9 Å². The molecular formula is C23H18N2O5S. The minimum atomic E-state index is -4.30. The molecule has 3 aromatic rings. The van der Waals surface area contributed by atoms with E-state index in [1.165, 1.54) is 31.4 Å². The normalized spacial score (nSPS) is 15.3. The second-order valence-corrected chi connectivity index (χ2v) is 8.07. The zero-order chi connectivity index (χ0) is 21.8. The van der Waals surface area contributed by atoms with Crippen LogP contribution in [-0.4, -0.2) is 32.3 Å². The van der Waals surface area contributed by atoms with E-state index in [4.69, 9.17) is 9.02 Å². The fraction of sp³-hybridized carbons (Fsp3) is 0.0435. The third kappa shape index (κ3) is 4.40. The molecule has 4 rings (SSSR count). The van der Waals surface area contributed by atoms with Crippen LogP contribution in [-0.2, 0) is 19.2 Å². The lowest BCUT2D eigenvalue weighted by Gasteiger charge is -2.17. The van der Waals surface area contributed by atoms with Gasteiger partial charge in [-0.25, -0.2) is 4.99 Å². The molecule has 0 fully saturated rings. The first-order valence-electron chi connectivity index (χ1n) is 9.32. The molecule has 1 aliphatic heterocycles. The molecule has 3 aromatic carbocycles. The summed E-state index contributed by atoms with van der Waals surface area (Å²) in [5.74, 6) is -0.0968.